The first-order chi connectivity index (χ1) is 12.7. The van der Waals surface area contributed by atoms with Crippen molar-refractivity contribution in [1.82, 2.24) is 9.78 Å². The summed E-state index contributed by atoms with van der Waals surface area (Å²) in [6, 6.07) is 7.18. The van der Waals surface area contributed by atoms with Gasteiger partial charge in [0.25, 0.3) is 0 Å². The summed E-state index contributed by atoms with van der Waals surface area (Å²) in [5.74, 6) is -0.728. The third-order valence-electron chi connectivity index (χ3n) is 3.92. The molecule has 0 bridgehead atoms. The number of aromatic nitrogens is 2. The fourth-order valence-electron chi connectivity index (χ4n) is 2.70. The number of hydrogen-bond donors (Lipinski definition) is 1. The van der Waals surface area contributed by atoms with Crippen LogP contribution in [0, 0.1) is 25.2 Å². The van der Waals surface area contributed by atoms with Crippen LogP contribution in [0.5, 0.6) is 5.75 Å². The second kappa shape index (κ2) is 8.58. The van der Waals surface area contributed by atoms with E-state index in [0.717, 1.165) is 29.1 Å². The van der Waals surface area contributed by atoms with Gasteiger partial charge < -0.3 is 10.1 Å². The number of alkyl halides is 3. The van der Waals surface area contributed by atoms with E-state index in [1.165, 1.54) is 12.1 Å². The Bertz CT molecular complexity index is 853. The maximum atomic E-state index is 12.3. The minimum Gasteiger partial charge on any atom is -0.406 e. The summed E-state index contributed by atoms with van der Waals surface area (Å²) in [5.41, 5.74) is 2.84. The number of hydrogen-bond acceptors (Lipinski definition) is 4. The van der Waals surface area contributed by atoms with Gasteiger partial charge in [0.15, 0.2) is 0 Å². The van der Waals surface area contributed by atoms with Gasteiger partial charge in [-0.2, -0.15) is 10.4 Å². The van der Waals surface area contributed by atoms with Gasteiger partial charge in [0.1, 0.15) is 5.75 Å². The second-order valence-electron chi connectivity index (χ2n) is 5.90. The largest absolute Gasteiger partial charge is 0.573 e. The summed E-state index contributed by atoms with van der Waals surface area (Å²) in [4.78, 5) is 12.1. The van der Waals surface area contributed by atoms with Crippen molar-refractivity contribution < 1.29 is 22.7 Å². The van der Waals surface area contributed by atoms with Crippen LogP contribution < -0.4 is 10.1 Å². The molecule has 0 saturated heterocycles. The van der Waals surface area contributed by atoms with Gasteiger partial charge in [-0.05, 0) is 38.0 Å². The number of aryl methyl sites for hydroxylation is 2. The molecule has 0 saturated carbocycles. The van der Waals surface area contributed by atoms with E-state index in [-0.39, 0.29) is 18.0 Å². The summed E-state index contributed by atoms with van der Waals surface area (Å²) < 4.78 is 42.4. The molecule has 27 heavy (non-hydrogen) atoms. The maximum absolute atomic E-state index is 12.3. The Hall–Kier alpha value is -3.02. The lowest BCUT2D eigenvalue weighted by molar-refractivity contribution is -0.274. The molecular weight excluding hydrogens is 361 g/mol. The predicted octanol–water partition coefficient (Wildman–Crippen LogP) is 3.88. The minimum absolute atomic E-state index is 0.149. The van der Waals surface area contributed by atoms with E-state index >= 15 is 0 Å². The van der Waals surface area contributed by atoms with Crippen LogP contribution >= 0.6 is 0 Å². The number of rotatable bonds is 7. The second-order valence-corrected chi connectivity index (χ2v) is 5.90. The number of amides is 1. The molecule has 2 aromatic rings. The molecule has 0 aliphatic heterocycles. The lowest BCUT2D eigenvalue weighted by Gasteiger charge is -2.11. The zero-order valence-corrected chi connectivity index (χ0v) is 14.9. The number of nitriles is 1. The molecule has 0 fully saturated rings. The van der Waals surface area contributed by atoms with Gasteiger partial charge in [0, 0.05) is 23.9 Å². The van der Waals surface area contributed by atoms with Crippen LogP contribution in [-0.4, -0.2) is 22.1 Å². The van der Waals surface area contributed by atoms with Crippen LogP contribution in [0.2, 0.25) is 0 Å². The molecule has 144 valence electrons. The first-order valence-corrected chi connectivity index (χ1v) is 8.25. The molecule has 2 rings (SSSR count). The Morgan fingerprint density at radius 1 is 1.37 bits per heavy atom. The van der Waals surface area contributed by atoms with Crippen molar-refractivity contribution in [2.24, 2.45) is 0 Å². The van der Waals surface area contributed by atoms with Gasteiger partial charge in [-0.25, -0.2) is 0 Å². The summed E-state index contributed by atoms with van der Waals surface area (Å²) in [6.45, 7) is 4.20. The number of anilines is 1. The van der Waals surface area contributed by atoms with Crippen molar-refractivity contribution in [2.45, 2.75) is 46.0 Å². The van der Waals surface area contributed by atoms with E-state index in [9.17, 15) is 18.0 Å². The number of carbonyl (C=O) groups excluding carboxylic acids is 1. The van der Waals surface area contributed by atoms with Crippen molar-refractivity contribution in [3.05, 3.63) is 41.2 Å². The molecule has 1 aromatic heterocycles. The molecule has 1 aromatic carbocycles. The summed E-state index contributed by atoms with van der Waals surface area (Å²) >= 11 is 0. The van der Waals surface area contributed by atoms with Crippen LogP contribution in [0.15, 0.2) is 24.3 Å². The number of ether oxygens (including phenoxy) is 1. The van der Waals surface area contributed by atoms with Crippen molar-refractivity contribution >= 4 is 11.6 Å². The number of benzene rings is 1. The van der Waals surface area contributed by atoms with Crippen LogP contribution in [0.3, 0.4) is 0 Å². The number of halogens is 3. The van der Waals surface area contributed by atoms with E-state index < -0.39 is 12.1 Å². The average Bonchev–Trinajstić information content (AvgIpc) is 2.83. The van der Waals surface area contributed by atoms with Crippen molar-refractivity contribution in [3.8, 4) is 11.8 Å². The van der Waals surface area contributed by atoms with Crippen molar-refractivity contribution in [3.63, 3.8) is 0 Å². The Morgan fingerprint density at radius 3 is 2.78 bits per heavy atom. The normalized spacial score (nSPS) is 11.1. The highest BCUT2D eigenvalue weighted by molar-refractivity contribution is 5.91. The molecule has 0 unspecified atom stereocenters. The average molecular weight is 380 g/mol. The summed E-state index contributed by atoms with van der Waals surface area (Å²) in [6.07, 6.45) is -3.85. The van der Waals surface area contributed by atoms with E-state index in [0.29, 0.717) is 19.4 Å². The van der Waals surface area contributed by atoms with E-state index in [1.54, 1.807) is 4.68 Å². The predicted molar refractivity (Wildman–Crippen MR) is 92.0 cm³/mol. The SMILES string of the molecule is Cc1nn(CCC#N)c(C)c1CCC(=O)Nc1cccc(OC(F)(F)F)c1. The lowest BCUT2D eigenvalue weighted by Crippen LogP contribution is -2.17. The Morgan fingerprint density at radius 2 is 2.11 bits per heavy atom. The minimum atomic E-state index is -4.79. The highest BCUT2D eigenvalue weighted by atomic mass is 19.4. The third kappa shape index (κ3) is 6.02. The smallest absolute Gasteiger partial charge is 0.406 e. The zero-order valence-electron chi connectivity index (χ0n) is 14.9. The lowest BCUT2D eigenvalue weighted by atomic mass is 10.1. The van der Waals surface area contributed by atoms with E-state index in [4.69, 9.17) is 5.26 Å². The zero-order chi connectivity index (χ0) is 20.0. The van der Waals surface area contributed by atoms with E-state index in [2.05, 4.69) is 21.2 Å². The molecule has 0 aliphatic carbocycles. The third-order valence-corrected chi connectivity index (χ3v) is 3.92. The maximum Gasteiger partial charge on any atom is 0.573 e. The standard InChI is InChI=1S/C18H19F3N4O2/c1-12-16(13(2)25(24-12)10-4-9-22)7-8-17(26)23-14-5-3-6-15(11-14)27-18(19,20)21/h3,5-6,11H,4,7-8,10H2,1-2H3,(H,23,26). The molecule has 9 heteroatoms. The Balaban J connectivity index is 1.96. The van der Waals surface area contributed by atoms with Crippen molar-refractivity contribution in [2.75, 3.05) is 5.32 Å². The quantitative estimate of drug-likeness (QED) is 0.790. The Labute approximate surface area is 154 Å². The number of nitrogens with one attached hydrogen (secondary N) is 1. The molecule has 1 amide bonds. The highest BCUT2D eigenvalue weighted by Crippen LogP contribution is 2.25. The summed E-state index contributed by atoms with van der Waals surface area (Å²) in [7, 11) is 0. The molecule has 0 radical (unpaired) electrons. The van der Waals surface area contributed by atoms with Gasteiger partial charge in [-0.3, -0.25) is 9.48 Å². The molecule has 1 N–H and O–H groups in total. The topological polar surface area (TPSA) is 79.9 Å². The van der Waals surface area contributed by atoms with Crippen LogP contribution in [0.4, 0.5) is 18.9 Å². The number of carbonyl (C=O) groups is 1. The molecule has 0 atom stereocenters. The highest BCUT2D eigenvalue weighted by Gasteiger charge is 2.31. The van der Waals surface area contributed by atoms with Gasteiger partial charge in [0.05, 0.1) is 24.7 Å². The van der Waals surface area contributed by atoms with Crippen LogP contribution in [0.25, 0.3) is 0 Å². The van der Waals surface area contributed by atoms with Gasteiger partial charge in [-0.15, -0.1) is 13.2 Å². The number of nitrogens with zero attached hydrogens (tertiary/aromatic N) is 3. The van der Waals surface area contributed by atoms with Gasteiger partial charge in [-0.1, -0.05) is 6.07 Å². The van der Waals surface area contributed by atoms with E-state index in [1.807, 2.05) is 13.8 Å². The fraction of sp³-hybridized carbons (Fsp3) is 0.389. The molecule has 6 nitrogen and oxygen atoms in total. The summed E-state index contributed by atoms with van der Waals surface area (Å²) in [5, 5.41) is 15.6. The molecule has 0 aliphatic rings. The molecular formula is C18H19F3N4O2. The van der Waals surface area contributed by atoms with Crippen molar-refractivity contribution in [1.29, 1.82) is 5.26 Å². The first-order valence-electron chi connectivity index (χ1n) is 8.25. The van der Waals surface area contributed by atoms with Gasteiger partial charge >= 0.3 is 6.36 Å². The Kier molecular flexibility index (Phi) is 6.45. The van der Waals surface area contributed by atoms with Crippen LogP contribution in [0.1, 0.15) is 29.8 Å². The monoisotopic (exact) mass is 380 g/mol. The first kappa shape index (κ1) is 20.3. The fourth-order valence-corrected chi connectivity index (χ4v) is 2.70. The molecule has 0 spiro atoms. The molecule has 1 heterocycles. The van der Waals surface area contributed by atoms with Gasteiger partial charge in [0.2, 0.25) is 5.91 Å². The van der Waals surface area contributed by atoms with Crippen LogP contribution in [-0.2, 0) is 17.8 Å².